The highest BCUT2D eigenvalue weighted by molar-refractivity contribution is 5.16. The van der Waals surface area contributed by atoms with Crippen LogP contribution in [0.5, 0.6) is 0 Å². The minimum atomic E-state index is -0.333. The van der Waals surface area contributed by atoms with Crippen molar-refractivity contribution in [3.8, 4) is 0 Å². The van der Waals surface area contributed by atoms with Crippen LogP contribution in [0.1, 0.15) is 56.2 Å². The normalized spacial score (nSPS) is 26.9. The Morgan fingerprint density at radius 3 is 1.62 bits per heavy atom. The standard InChI is InChI=1S/C37H49NO4/c1-28(2)33-20-18-29(19-21-33)22-38-23-35(40-25-30-12-6-3-7-13-30)37(42-27-32-16-10-5-11-17-32)36(34(38)24-39)41-26-31-14-8-4-9-15-31/h3-17,28-29,33-37,39H,18-27H2,1-2H3/t29?,33?,34-,35+,36-,37-/m1/s1. The quantitative estimate of drug-likeness (QED) is 0.242. The van der Waals surface area contributed by atoms with Gasteiger partial charge in [-0.1, -0.05) is 105 Å². The summed E-state index contributed by atoms with van der Waals surface area (Å²) < 4.78 is 20.1. The van der Waals surface area contributed by atoms with Crippen LogP contribution in [0.25, 0.3) is 0 Å². The number of piperidine rings is 1. The second-order valence-corrected chi connectivity index (χ2v) is 12.6. The number of ether oxygens (including phenoxy) is 3. The lowest BCUT2D eigenvalue weighted by Gasteiger charge is -2.49. The van der Waals surface area contributed by atoms with E-state index in [9.17, 15) is 5.11 Å². The van der Waals surface area contributed by atoms with Crippen molar-refractivity contribution in [2.24, 2.45) is 17.8 Å². The van der Waals surface area contributed by atoms with Gasteiger partial charge in [0.15, 0.2) is 0 Å². The van der Waals surface area contributed by atoms with Crippen molar-refractivity contribution < 1.29 is 19.3 Å². The zero-order valence-electron chi connectivity index (χ0n) is 25.4. The van der Waals surface area contributed by atoms with Gasteiger partial charge in [-0.15, -0.1) is 0 Å². The summed E-state index contributed by atoms with van der Waals surface area (Å²) in [5.41, 5.74) is 3.37. The highest BCUT2D eigenvalue weighted by Gasteiger charge is 2.46. The van der Waals surface area contributed by atoms with E-state index in [0.29, 0.717) is 32.3 Å². The molecule has 1 aliphatic heterocycles. The van der Waals surface area contributed by atoms with Crippen LogP contribution in [0.4, 0.5) is 0 Å². The zero-order chi connectivity index (χ0) is 29.1. The molecule has 1 N–H and O–H groups in total. The maximum absolute atomic E-state index is 10.9. The number of hydrogen-bond donors (Lipinski definition) is 1. The number of nitrogens with zero attached hydrogens (tertiary/aromatic N) is 1. The smallest absolute Gasteiger partial charge is 0.113 e. The lowest BCUT2D eigenvalue weighted by Crippen LogP contribution is -2.65. The SMILES string of the molecule is CC(C)C1CCC(CN2C[C@H](OCc3ccccc3)[C@@H](OCc3ccccc3)[C@H](OCc3ccccc3)[C@H]2CO)CC1. The summed E-state index contributed by atoms with van der Waals surface area (Å²) in [5, 5.41) is 10.9. The van der Waals surface area contributed by atoms with E-state index in [0.717, 1.165) is 35.1 Å². The number of hydrogen-bond acceptors (Lipinski definition) is 5. The van der Waals surface area contributed by atoms with Crippen LogP contribution in [0.3, 0.4) is 0 Å². The highest BCUT2D eigenvalue weighted by Crippen LogP contribution is 2.36. The van der Waals surface area contributed by atoms with Crippen LogP contribution in [0, 0.1) is 17.8 Å². The van der Waals surface area contributed by atoms with Crippen LogP contribution in [-0.2, 0) is 34.0 Å². The maximum Gasteiger partial charge on any atom is 0.113 e. The molecule has 3 aromatic carbocycles. The van der Waals surface area contributed by atoms with Crippen molar-refractivity contribution in [2.45, 2.75) is 83.7 Å². The Hall–Kier alpha value is -2.54. The first-order valence-corrected chi connectivity index (χ1v) is 15.9. The molecular weight excluding hydrogens is 522 g/mol. The fourth-order valence-electron chi connectivity index (χ4n) is 6.77. The molecule has 4 atom stereocenters. The maximum atomic E-state index is 10.9. The molecule has 1 saturated heterocycles. The summed E-state index contributed by atoms with van der Waals surface area (Å²) in [6, 6.07) is 30.7. The fourth-order valence-corrected chi connectivity index (χ4v) is 6.77. The van der Waals surface area contributed by atoms with Gasteiger partial charge in [-0.05, 0) is 60.1 Å². The molecule has 5 rings (SSSR count). The summed E-state index contributed by atoms with van der Waals surface area (Å²) >= 11 is 0. The molecule has 0 spiro atoms. The van der Waals surface area contributed by atoms with Gasteiger partial charge < -0.3 is 19.3 Å². The van der Waals surface area contributed by atoms with Crippen molar-refractivity contribution >= 4 is 0 Å². The summed E-state index contributed by atoms with van der Waals surface area (Å²) in [6.07, 6.45) is 4.25. The molecule has 2 aliphatic rings. The van der Waals surface area contributed by atoms with Gasteiger partial charge in [0.1, 0.15) is 12.2 Å². The summed E-state index contributed by atoms with van der Waals surface area (Å²) in [6.45, 7) is 7.86. The topological polar surface area (TPSA) is 51.2 Å². The molecule has 226 valence electrons. The molecule has 2 fully saturated rings. The fraction of sp³-hybridized carbons (Fsp3) is 0.514. The molecule has 0 amide bonds. The Morgan fingerprint density at radius 1 is 0.667 bits per heavy atom. The number of benzene rings is 3. The highest BCUT2D eigenvalue weighted by atomic mass is 16.6. The molecule has 1 saturated carbocycles. The van der Waals surface area contributed by atoms with E-state index in [1.54, 1.807) is 0 Å². The van der Waals surface area contributed by atoms with Gasteiger partial charge in [-0.2, -0.15) is 0 Å². The molecule has 0 radical (unpaired) electrons. The molecular formula is C37H49NO4. The van der Waals surface area contributed by atoms with E-state index in [2.05, 4.69) is 67.3 Å². The Bertz CT molecular complexity index is 1150. The number of likely N-dealkylation sites (tertiary alicyclic amines) is 1. The van der Waals surface area contributed by atoms with Gasteiger partial charge in [-0.25, -0.2) is 0 Å². The molecule has 0 bridgehead atoms. The molecule has 0 unspecified atom stereocenters. The van der Waals surface area contributed by atoms with Crippen molar-refractivity contribution in [1.82, 2.24) is 4.90 Å². The molecule has 0 aromatic heterocycles. The molecule has 1 heterocycles. The molecule has 42 heavy (non-hydrogen) atoms. The Kier molecular flexibility index (Phi) is 11.6. The third-order valence-electron chi connectivity index (χ3n) is 9.34. The zero-order valence-corrected chi connectivity index (χ0v) is 25.4. The first-order chi connectivity index (χ1) is 20.6. The van der Waals surface area contributed by atoms with E-state index in [1.165, 1.54) is 25.7 Å². The van der Waals surface area contributed by atoms with Crippen molar-refractivity contribution in [2.75, 3.05) is 19.7 Å². The largest absolute Gasteiger partial charge is 0.395 e. The van der Waals surface area contributed by atoms with E-state index in [-0.39, 0.29) is 31.0 Å². The minimum absolute atomic E-state index is 0.0252. The minimum Gasteiger partial charge on any atom is -0.395 e. The molecule has 3 aromatic rings. The van der Waals surface area contributed by atoms with Crippen molar-refractivity contribution in [3.05, 3.63) is 108 Å². The summed E-state index contributed by atoms with van der Waals surface area (Å²) in [5.74, 6) is 2.21. The van der Waals surface area contributed by atoms with Crippen LogP contribution in [-0.4, -0.2) is 54.1 Å². The lowest BCUT2D eigenvalue weighted by atomic mass is 9.76. The Labute approximate surface area is 252 Å². The third-order valence-corrected chi connectivity index (χ3v) is 9.34. The van der Waals surface area contributed by atoms with Gasteiger partial charge in [0.05, 0.1) is 38.6 Å². The van der Waals surface area contributed by atoms with Gasteiger partial charge in [0, 0.05) is 13.1 Å². The Morgan fingerprint density at radius 2 is 1.14 bits per heavy atom. The van der Waals surface area contributed by atoms with Crippen LogP contribution >= 0.6 is 0 Å². The predicted molar refractivity (Wildman–Crippen MR) is 168 cm³/mol. The van der Waals surface area contributed by atoms with Crippen molar-refractivity contribution in [1.29, 1.82) is 0 Å². The number of aliphatic hydroxyl groups excluding tert-OH is 1. The van der Waals surface area contributed by atoms with Gasteiger partial charge in [0.2, 0.25) is 0 Å². The number of aliphatic hydroxyl groups is 1. The second-order valence-electron chi connectivity index (χ2n) is 12.6. The van der Waals surface area contributed by atoms with E-state index in [4.69, 9.17) is 14.2 Å². The third kappa shape index (κ3) is 8.52. The van der Waals surface area contributed by atoms with Crippen LogP contribution < -0.4 is 0 Å². The second kappa shape index (κ2) is 15.8. The van der Waals surface area contributed by atoms with Crippen molar-refractivity contribution in [3.63, 3.8) is 0 Å². The molecule has 1 aliphatic carbocycles. The van der Waals surface area contributed by atoms with E-state index in [1.807, 2.05) is 42.5 Å². The summed E-state index contributed by atoms with van der Waals surface area (Å²) in [7, 11) is 0. The predicted octanol–water partition coefficient (Wildman–Crippen LogP) is 6.88. The first-order valence-electron chi connectivity index (χ1n) is 15.9. The average molecular weight is 572 g/mol. The average Bonchev–Trinajstić information content (AvgIpc) is 3.03. The summed E-state index contributed by atoms with van der Waals surface area (Å²) in [4.78, 5) is 2.45. The first kappa shape index (κ1) is 30.9. The van der Waals surface area contributed by atoms with E-state index >= 15 is 0 Å². The van der Waals surface area contributed by atoms with Crippen LogP contribution in [0.2, 0.25) is 0 Å². The molecule has 5 nitrogen and oxygen atoms in total. The van der Waals surface area contributed by atoms with Gasteiger partial charge in [0.25, 0.3) is 0 Å². The lowest BCUT2D eigenvalue weighted by molar-refractivity contribution is -0.209. The molecule has 5 heteroatoms. The monoisotopic (exact) mass is 571 g/mol. The van der Waals surface area contributed by atoms with Gasteiger partial charge in [-0.3, -0.25) is 4.90 Å². The Balaban J connectivity index is 1.38. The number of rotatable bonds is 13. The van der Waals surface area contributed by atoms with Crippen LogP contribution in [0.15, 0.2) is 91.0 Å². The van der Waals surface area contributed by atoms with E-state index < -0.39 is 0 Å². The van der Waals surface area contributed by atoms with Gasteiger partial charge >= 0.3 is 0 Å².